The third kappa shape index (κ3) is 3.79. The molecule has 1 atom stereocenters. The number of furan rings is 1. The maximum Gasteiger partial charge on any atom is 0.294 e. The summed E-state index contributed by atoms with van der Waals surface area (Å²) in [5.74, 6) is -3.21. The number of carbonyl (C=O) groups is 2. The fraction of sp³-hybridized carbons (Fsp3) is 0.0400. The first-order valence-corrected chi connectivity index (χ1v) is 11.5. The van der Waals surface area contributed by atoms with E-state index in [2.05, 4.69) is 15.9 Å². The normalized spacial score (nSPS) is 16.1. The van der Waals surface area contributed by atoms with Crippen LogP contribution in [0.2, 0.25) is 10.0 Å². The number of benzene rings is 3. The van der Waals surface area contributed by atoms with Crippen molar-refractivity contribution in [2.75, 3.05) is 4.90 Å². The summed E-state index contributed by atoms with van der Waals surface area (Å²) in [5, 5.41) is 11.9. The molecule has 5 rings (SSSR count). The van der Waals surface area contributed by atoms with E-state index in [1.54, 1.807) is 24.3 Å². The zero-order valence-corrected chi connectivity index (χ0v) is 20.2. The van der Waals surface area contributed by atoms with Crippen LogP contribution in [-0.4, -0.2) is 16.8 Å². The molecule has 0 saturated carbocycles. The van der Waals surface area contributed by atoms with Crippen molar-refractivity contribution in [3.05, 3.63) is 110 Å². The second-order valence-electron chi connectivity index (χ2n) is 7.61. The number of nitrogens with zero attached hydrogens (tertiary/aromatic N) is 1. The number of aliphatic hydroxyl groups excluding tert-OH is 1. The molecule has 1 aliphatic heterocycles. The molecule has 0 aliphatic carbocycles. The van der Waals surface area contributed by atoms with E-state index in [0.29, 0.717) is 11.0 Å². The number of amides is 1. The molecule has 4 aromatic rings. The summed E-state index contributed by atoms with van der Waals surface area (Å²) < 4.78 is 21.4. The van der Waals surface area contributed by atoms with Crippen molar-refractivity contribution in [1.29, 1.82) is 0 Å². The van der Waals surface area contributed by atoms with Crippen LogP contribution in [0.1, 0.15) is 22.2 Å². The topological polar surface area (TPSA) is 70.8 Å². The van der Waals surface area contributed by atoms with Gasteiger partial charge in [-0.05, 0) is 48.5 Å². The molecule has 34 heavy (non-hydrogen) atoms. The Hall–Kier alpha value is -3.13. The maximum absolute atomic E-state index is 15.0. The molecular weight excluding hydrogens is 548 g/mol. The number of aliphatic hydroxyl groups is 1. The molecule has 1 amide bonds. The van der Waals surface area contributed by atoms with E-state index in [1.807, 2.05) is 0 Å². The number of carbonyl (C=O) groups excluding carboxylic acids is 2. The van der Waals surface area contributed by atoms with E-state index in [-0.39, 0.29) is 32.6 Å². The average molecular weight is 561 g/mol. The molecule has 2 heterocycles. The molecule has 3 aromatic carbocycles. The predicted octanol–water partition coefficient (Wildman–Crippen LogP) is 7.42. The molecule has 0 radical (unpaired) electrons. The van der Waals surface area contributed by atoms with Crippen molar-refractivity contribution in [2.45, 2.75) is 6.04 Å². The maximum atomic E-state index is 15.0. The lowest BCUT2D eigenvalue weighted by Crippen LogP contribution is -2.31. The van der Waals surface area contributed by atoms with E-state index in [4.69, 9.17) is 27.6 Å². The van der Waals surface area contributed by atoms with E-state index in [0.717, 1.165) is 9.37 Å². The summed E-state index contributed by atoms with van der Waals surface area (Å²) in [6, 6.07) is 15.5. The molecule has 1 N–H and O–H groups in total. The smallest absolute Gasteiger partial charge is 0.294 e. The lowest BCUT2D eigenvalue weighted by Gasteiger charge is -2.27. The van der Waals surface area contributed by atoms with Crippen LogP contribution in [0.25, 0.3) is 11.0 Å². The van der Waals surface area contributed by atoms with Gasteiger partial charge in [-0.3, -0.25) is 14.5 Å². The van der Waals surface area contributed by atoms with Crippen LogP contribution in [0.15, 0.2) is 87.0 Å². The van der Waals surface area contributed by atoms with Gasteiger partial charge in [-0.1, -0.05) is 57.3 Å². The Morgan fingerprint density at radius 3 is 2.44 bits per heavy atom. The molecule has 9 heteroatoms. The minimum atomic E-state index is -1.28. The van der Waals surface area contributed by atoms with E-state index in [1.165, 1.54) is 42.5 Å². The Bertz CT molecular complexity index is 1510. The highest BCUT2D eigenvalue weighted by atomic mass is 79.9. The first kappa shape index (κ1) is 22.7. The number of hydrogen-bond acceptors (Lipinski definition) is 4. The third-order valence-electron chi connectivity index (χ3n) is 5.48. The average Bonchev–Trinajstić information content (AvgIpc) is 3.31. The van der Waals surface area contributed by atoms with Gasteiger partial charge < -0.3 is 9.52 Å². The fourth-order valence-corrected chi connectivity index (χ4v) is 4.93. The Kier molecular flexibility index (Phi) is 5.72. The van der Waals surface area contributed by atoms with Crippen molar-refractivity contribution in [2.24, 2.45) is 0 Å². The number of halogens is 4. The Balaban J connectivity index is 1.69. The Labute approximate surface area is 211 Å². The number of fused-ring (bicyclic) bond motifs is 1. The van der Waals surface area contributed by atoms with Gasteiger partial charge in [0.05, 0.1) is 11.6 Å². The SMILES string of the molecule is O=C(C1=C(O)C(=O)N(c2cc(Cl)cc(Cl)c2)C1c1ccccc1F)c1cc2cc(Br)ccc2o1. The molecule has 170 valence electrons. The molecule has 1 aliphatic rings. The van der Waals surface area contributed by atoms with E-state index >= 15 is 0 Å². The predicted molar refractivity (Wildman–Crippen MR) is 131 cm³/mol. The quantitative estimate of drug-likeness (QED) is 0.263. The Morgan fingerprint density at radius 1 is 1.03 bits per heavy atom. The van der Waals surface area contributed by atoms with Gasteiger partial charge in [-0.2, -0.15) is 0 Å². The van der Waals surface area contributed by atoms with Gasteiger partial charge >= 0.3 is 0 Å². The Morgan fingerprint density at radius 2 is 1.74 bits per heavy atom. The molecule has 1 aromatic heterocycles. The molecule has 0 saturated heterocycles. The van der Waals surface area contributed by atoms with Crippen molar-refractivity contribution < 1.29 is 23.5 Å². The van der Waals surface area contributed by atoms with Crippen LogP contribution in [0.5, 0.6) is 0 Å². The summed E-state index contributed by atoms with van der Waals surface area (Å²) >= 11 is 15.6. The van der Waals surface area contributed by atoms with Crippen LogP contribution in [0.3, 0.4) is 0 Å². The lowest BCUT2D eigenvalue weighted by atomic mass is 9.94. The van der Waals surface area contributed by atoms with Crippen molar-refractivity contribution in [1.82, 2.24) is 0 Å². The van der Waals surface area contributed by atoms with Gasteiger partial charge in [-0.25, -0.2) is 4.39 Å². The zero-order chi connectivity index (χ0) is 24.1. The molecule has 5 nitrogen and oxygen atoms in total. The summed E-state index contributed by atoms with van der Waals surface area (Å²) in [4.78, 5) is 27.9. The summed E-state index contributed by atoms with van der Waals surface area (Å²) in [6.07, 6.45) is 0. The fourth-order valence-electron chi connectivity index (χ4n) is 4.03. The van der Waals surface area contributed by atoms with Crippen molar-refractivity contribution in [3.8, 4) is 0 Å². The number of ketones is 1. The van der Waals surface area contributed by atoms with Gasteiger partial charge in [-0.15, -0.1) is 0 Å². The van der Waals surface area contributed by atoms with Gasteiger partial charge in [0, 0.05) is 31.2 Å². The zero-order valence-electron chi connectivity index (χ0n) is 17.1. The van der Waals surface area contributed by atoms with Crippen LogP contribution >= 0.6 is 39.1 Å². The van der Waals surface area contributed by atoms with Gasteiger partial charge in [0.1, 0.15) is 11.4 Å². The van der Waals surface area contributed by atoms with E-state index < -0.39 is 29.3 Å². The summed E-state index contributed by atoms with van der Waals surface area (Å²) in [7, 11) is 0. The second-order valence-corrected chi connectivity index (χ2v) is 9.40. The highest BCUT2D eigenvalue weighted by Gasteiger charge is 2.46. The summed E-state index contributed by atoms with van der Waals surface area (Å²) in [6.45, 7) is 0. The standard InChI is InChI=1S/C25H13BrCl2FNO4/c26-13-5-6-19-12(7-13)8-20(34-19)23(31)21-22(17-3-1-2-4-18(17)29)30(25(33)24(21)32)16-10-14(27)9-15(28)11-16/h1-11,22,32H. The van der Waals surface area contributed by atoms with Crippen LogP contribution in [0, 0.1) is 5.82 Å². The highest BCUT2D eigenvalue weighted by Crippen LogP contribution is 2.44. The van der Waals surface area contributed by atoms with Gasteiger partial charge in [0.25, 0.3) is 5.91 Å². The van der Waals surface area contributed by atoms with Crippen molar-refractivity contribution >= 4 is 67.5 Å². The van der Waals surface area contributed by atoms with Crippen LogP contribution < -0.4 is 4.90 Å². The van der Waals surface area contributed by atoms with Crippen molar-refractivity contribution in [3.63, 3.8) is 0 Å². The minimum absolute atomic E-state index is 0.0122. The number of hydrogen-bond donors (Lipinski definition) is 1. The lowest BCUT2D eigenvalue weighted by molar-refractivity contribution is -0.117. The largest absolute Gasteiger partial charge is 0.503 e. The minimum Gasteiger partial charge on any atom is -0.503 e. The third-order valence-corrected chi connectivity index (χ3v) is 6.41. The first-order valence-electron chi connectivity index (χ1n) is 9.95. The van der Waals surface area contributed by atoms with E-state index in [9.17, 15) is 19.1 Å². The molecule has 1 unspecified atom stereocenters. The monoisotopic (exact) mass is 559 g/mol. The molecule has 0 fully saturated rings. The van der Waals surface area contributed by atoms with Crippen LogP contribution in [-0.2, 0) is 4.79 Å². The molecule has 0 bridgehead atoms. The van der Waals surface area contributed by atoms with Gasteiger partial charge in [0.15, 0.2) is 11.5 Å². The highest BCUT2D eigenvalue weighted by molar-refractivity contribution is 9.10. The number of rotatable bonds is 4. The molecular formula is C25H13BrCl2FNO4. The second kappa shape index (κ2) is 8.58. The summed E-state index contributed by atoms with van der Waals surface area (Å²) in [5.41, 5.74) is 0.332. The number of Topliss-reactive ketones (excluding diaryl/α,β-unsaturated/α-hetero) is 1. The van der Waals surface area contributed by atoms with Gasteiger partial charge in [0.2, 0.25) is 5.78 Å². The molecule has 0 spiro atoms. The number of anilines is 1. The first-order chi connectivity index (χ1) is 16.2. The van der Waals surface area contributed by atoms with Crippen LogP contribution in [0.4, 0.5) is 10.1 Å².